The normalized spacial score (nSPS) is 25.5. The van der Waals surface area contributed by atoms with Crippen molar-refractivity contribution in [1.82, 2.24) is 10.2 Å². The average molecular weight is 232 g/mol. The second-order valence-corrected chi connectivity index (χ2v) is 5.84. The van der Waals surface area contributed by atoms with Crippen LogP contribution in [0.3, 0.4) is 0 Å². The molecule has 1 aliphatic rings. The van der Waals surface area contributed by atoms with Gasteiger partial charge in [-0.15, -0.1) is 0 Å². The van der Waals surface area contributed by atoms with E-state index in [9.17, 15) is 0 Å². The summed E-state index contributed by atoms with van der Waals surface area (Å²) in [4.78, 5) is 2.59. The van der Waals surface area contributed by atoms with Gasteiger partial charge in [0.1, 0.15) is 0 Å². The monoisotopic (exact) mass is 232 g/mol. The van der Waals surface area contributed by atoms with Crippen molar-refractivity contribution in [3.63, 3.8) is 0 Å². The Morgan fingerprint density at radius 3 is 2.71 bits per heavy atom. The van der Waals surface area contributed by atoms with E-state index in [1.165, 1.54) is 12.0 Å². The third kappa shape index (κ3) is 3.55. The van der Waals surface area contributed by atoms with Crippen LogP contribution in [0.4, 0.5) is 0 Å². The standard InChI is InChI=1S/C15H24N2/c1-13-9-10-16-15(2,3)12-17(13)11-14-7-5-4-6-8-14/h4-8,13,16H,9-12H2,1-3H3. The van der Waals surface area contributed by atoms with Crippen molar-refractivity contribution in [2.45, 2.75) is 45.3 Å². The fraction of sp³-hybridized carbons (Fsp3) is 0.600. The summed E-state index contributed by atoms with van der Waals surface area (Å²) in [5, 5.41) is 3.63. The lowest BCUT2D eigenvalue weighted by atomic mass is 10.0. The van der Waals surface area contributed by atoms with Crippen molar-refractivity contribution in [2.75, 3.05) is 13.1 Å². The molecule has 2 nitrogen and oxygen atoms in total. The van der Waals surface area contributed by atoms with Crippen molar-refractivity contribution in [1.29, 1.82) is 0 Å². The first kappa shape index (κ1) is 12.6. The fourth-order valence-electron chi connectivity index (χ4n) is 2.55. The van der Waals surface area contributed by atoms with E-state index in [4.69, 9.17) is 0 Å². The van der Waals surface area contributed by atoms with E-state index in [-0.39, 0.29) is 5.54 Å². The molecule has 1 aromatic carbocycles. The summed E-state index contributed by atoms with van der Waals surface area (Å²) >= 11 is 0. The van der Waals surface area contributed by atoms with Gasteiger partial charge in [-0.3, -0.25) is 4.90 Å². The molecule has 94 valence electrons. The van der Waals surface area contributed by atoms with Gasteiger partial charge in [-0.1, -0.05) is 30.3 Å². The molecule has 0 amide bonds. The molecule has 2 rings (SSSR count). The zero-order valence-electron chi connectivity index (χ0n) is 11.2. The summed E-state index contributed by atoms with van der Waals surface area (Å²) in [6.07, 6.45) is 1.23. The van der Waals surface area contributed by atoms with Crippen molar-refractivity contribution < 1.29 is 0 Å². The number of rotatable bonds is 2. The molecule has 0 radical (unpaired) electrons. The van der Waals surface area contributed by atoms with Crippen LogP contribution >= 0.6 is 0 Å². The van der Waals surface area contributed by atoms with E-state index in [2.05, 4.69) is 61.3 Å². The van der Waals surface area contributed by atoms with Gasteiger partial charge in [-0.2, -0.15) is 0 Å². The lowest BCUT2D eigenvalue weighted by Gasteiger charge is -2.33. The Kier molecular flexibility index (Phi) is 3.85. The van der Waals surface area contributed by atoms with E-state index >= 15 is 0 Å². The Hall–Kier alpha value is -0.860. The molecule has 0 spiro atoms. The van der Waals surface area contributed by atoms with Crippen molar-refractivity contribution in [3.05, 3.63) is 35.9 Å². The molecular weight excluding hydrogens is 208 g/mol. The minimum Gasteiger partial charge on any atom is -0.310 e. The summed E-state index contributed by atoms with van der Waals surface area (Å²) in [6.45, 7) is 10.2. The highest BCUT2D eigenvalue weighted by molar-refractivity contribution is 5.14. The number of hydrogen-bond acceptors (Lipinski definition) is 2. The van der Waals surface area contributed by atoms with Gasteiger partial charge in [0, 0.05) is 24.7 Å². The molecule has 1 saturated heterocycles. The van der Waals surface area contributed by atoms with Crippen molar-refractivity contribution in [2.24, 2.45) is 0 Å². The van der Waals surface area contributed by atoms with E-state index in [1.54, 1.807) is 0 Å². The van der Waals surface area contributed by atoms with Crippen LogP contribution in [0.5, 0.6) is 0 Å². The summed E-state index contributed by atoms with van der Waals surface area (Å²) < 4.78 is 0. The number of nitrogens with zero attached hydrogens (tertiary/aromatic N) is 1. The molecule has 1 heterocycles. The molecule has 1 atom stereocenters. The van der Waals surface area contributed by atoms with Crippen LogP contribution in [-0.4, -0.2) is 29.6 Å². The molecule has 1 aliphatic heterocycles. The summed E-state index contributed by atoms with van der Waals surface area (Å²) in [6, 6.07) is 11.4. The SMILES string of the molecule is CC1CCNC(C)(C)CN1Cc1ccccc1. The van der Waals surface area contributed by atoms with Gasteiger partial charge in [-0.05, 0) is 39.3 Å². The third-order valence-corrected chi connectivity index (χ3v) is 3.62. The zero-order valence-corrected chi connectivity index (χ0v) is 11.2. The Bertz CT molecular complexity index is 345. The van der Waals surface area contributed by atoms with Crippen LogP contribution in [0.2, 0.25) is 0 Å². The topological polar surface area (TPSA) is 15.3 Å². The van der Waals surface area contributed by atoms with E-state index in [1.807, 2.05) is 0 Å². The van der Waals surface area contributed by atoms with Crippen LogP contribution in [0.15, 0.2) is 30.3 Å². The predicted molar refractivity (Wildman–Crippen MR) is 73.0 cm³/mol. The Labute approximate surface area is 105 Å². The number of hydrogen-bond donors (Lipinski definition) is 1. The Morgan fingerprint density at radius 2 is 2.00 bits per heavy atom. The largest absolute Gasteiger partial charge is 0.310 e. The second kappa shape index (κ2) is 5.19. The first-order chi connectivity index (χ1) is 8.07. The smallest absolute Gasteiger partial charge is 0.0252 e. The van der Waals surface area contributed by atoms with Crippen LogP contribution in [-0.2, 0) is 6.54 Å². The lowest BCUT2D eigenvalue weighted by molar-refractivity contribution is 0.173. The minimum absolute atomic E-state index is 0.222. The maximum absolute atomic E-state index is 3.63. The Morgan fingerprint density at radius 1 is 1.29 bits per heavy atom. The van der Waals surface area contributed by atoms with Gasteiger partial charge < -0.3 is 5.32 Å². The van der Waals surface area contributed by atoms with Crippen LogP contribution < -0.4 is 5.32 Å². The van der Waals surface area contributed by atoms with Crippen LogP contribution in [0, 0.1) is 0 Å². The molecule has 1 unspecified atom stereocenters. The highest BCUT2D eigenvalue weighted by Gasteiger charge is 2.27. The van der Waals surface area contributed by atoms with E-state index in [0.29, 0.717) is 6.04 Å². The van der Waals surface area contributed by atoms with Crippen LogP contribution in [0.1, 0.15) is 32.8 Å². The van der Waals surface area contributed by atoms with Gasteiger partial charge in [0.15, 0.2) is 0 Å². The second-order valence-electron chi connectivity index (χ2n) is 5.84. The summed E-state index contributed by atoms with van der Waals surface area (Å²) in [5.74, 6) is 0. The maximum atomic E-state index is 3.63. The van der Waals surface area contributed by atoms with Crippen LogP contribution in [0.25, 0.3) is 0 Å². The molecule has 0 aliphatic carbocycles. The first-order valence-corrected chi connectivity index (χ1v) is 6.60. The zero-order chi connectivity index (χ0) is 12.3. The highest BCUT2D eigenvalue weighted by atomic mass is 15.2. The van der Waals surface area contributed by atoms with Gasteiger partial charge in [-0.25, -0.2) is 0 Å². The van der Waals surface area contributed by atoms with E-state index in [0.717, 1.165) is 19.6 Å². The molecule has 1 aromatic rings. The summed E-state index contributed by atoms with van der Waals surface area (Å²) in [5.41, 5.74) is 1.64. The molecule has 0 aromatic heterocycles. The Balaban J connectivity index is 2.07. The van der Waals surface area contributed by atoms with Gasteiger partial charge >= 0.3 is 0 Å². The first-order valence-electron chi connectivity index (χ1n) is 6.60. The highest BCUT2D eigenvalue weighted by Crippen LogP contribution is 2.18. The number of nitrogens with one attached hydrogen (secondary N) is 1. The fourth-order valence-corrected chi connectivity index (χ4v) is 2.55. The lowest BCUT2D eigenvalue weighted by Crippen LogP contribution is -2.47. The molecule has 2 heteroatoms. The maximum Gasteiger partial charge on any atom is 0.0252 e. The molecule has 0 bridgehead atoms. The molecule has 1 N–H and O–H groups in total. The average Bonchev–Trinajstić information content (AvgIpc) is 2.40. The van der Waals surface area contributed by atoms with Gasteiger partial charge in [0.25, 0.3) is 0 Å². The van der Waals surface area contributed by atoms with Gasteiger partial charge in [0.2, 0.25) is 0 Å². The molecule has 0 saturated carbocycles. The molecule has 17 heavy (non-hydrogen) atoms. The molecular formula is C15H24N2. The quantitative estimate of drug-likeness (QED) is 0.843. The predicted octanol–water partition coefficient (Wildman–Crippen LogP) is 2.65. The van der Waals surface area contributed by atoms with Crippen molar-refractivity contribution >= 4 is 0 Å². The molecule has 1 fully saturated rings. The van der Waals surface area contributed by atoms with Crippen molar-refractivity contribution in [3.8, 4) is 0 Å². The minimum atomic E-state index is 0.222. The number of benzene rings is 1. The van der Waals surface area contributed by atoms with E-state index < -0.39 is 0 Å². The summed E-state index contributed by atoms with van der Waals surface area (Å²) in [7, 11) is 0. The third-order valence-electron chi connectivity index (χ3n) is 3.62. The van der Waals surface area contributed by atoms with Gasteiger partial charge in [0.05, 0.1) is 0 Å².